The highest BCUT2D eigenvalue weighted by Crippen LogP contribution is 2.26. The van der Waals surface area contributed by atoms with E-state index in [9.17, 15) is 4.79 Å². The normalized spacial score (nSPS) is 19.9. The minimum Gasteiger partial charge on any atom is -0.381 e. The Bertz CT molecular complexity index is 687. The second-order valence-electron chi connectivity index (χ2n) is 6.65. The third-order valence-corrected chi connectivity index (χ3v) is 5.06. The first-order valence-corrected chi connectivity index (χ1v) is 8.54. The van der Waals surface area contributed by atoms with Gasteiger partial charge < -0.3 is 15.0 Å². The molecule has 1 aromatic heterocycles. The summed E-state index contributed by atoms with van der Waals surface area (Å²) in [5, 5.41) is 3.02. The molecule has 3 rings (SSSR count). The Kier molecular flexibility index (Phi) is 5.00. The first kappa shape index (κ1) is 16.7. The fraction of sp³-hybridized carbons (Fsp3) is 0.474. The molecular formula is C19H25N3O2. The minimum atomic E-state index is -0.0289. The molecule has 5 nitrogen and oxygen atoms in total. The first-order valence-electron chi connectivity index (χ1n) is 8.54. The number of ether oxygens (including phenoxy) is 1. The van der Waals surface area contributed by atoms with E-state index in [1.807, 2.05) is 26.0 Å². The third kappa shape index (κ3) is 3.51. The highest BCUT2D eigenvalue weighted by molar-refractivity contribution is 5.92. The first-order chi connectivity index (χ1) is 11.6. The van der Waals surface area contributed by atoms with Crippen LogP contribution in [0.3, 0.4) is 0 Å². The fourth-order valence-corrected chi connectivity index (χ4v) is 3.25. The van der Waals surface area contributed by atoms with Crippen LogP contribution in [0.5, 0.6) is 0 Å². The lowest BCUT2D eigenvalue weighted by Gasteiger charge is -2.17. The van der Waals surface area contributed by atoms with Crippen molar-refractivity contribution in [3.05, 3.63) is 47.5 Å². The molecule has 24 heavy (non-hydrogen) atoms. The third-order valence-electron chi connectivity index (χ3n) is 5.06. The van der Waals surface area contributed by atoms with Gasteiger partial charge in [0.15, 0.2) is 0 Å². The van der Waals surface area contributed by atoms with Crippen molar-refractivity contribution in [2.75, 3.05) is 18.5 Å². The van der Waals surface area contributed by atoms with Gasteiger partial charge in [0.2, 0.25) is 5.91 Å². The van der Waals surface area contributed by atoms with Crippen LogP contribution in [-0.4, -0.2) is 29.1 Å². The van der Waals surface area contributed by atoms with E-state index in [4.69, 9.17) is 4.74 Å². The van der Waals surface area contributed by atoms with Crippen LogP contribution < -0.4 is 5.32 Å². The molecule has 0 bridgehead atoms. The lowest BCUT2D eigenvalue weighted by molar-refractivity contribution is -0.120. The smallest absolute Gasteiger partial charge is 0.227 e. The number of rotatable bonds is 5. The van der Waals surface area contributed by atoms with Gasteiger partial charge in [-0.05, 0) is 37.0 Å². The Morgan fingerprint density at radius 3 is 2.67 bits per heavy atom. The average Bonchev–Trinajstić information content (AvgIpc) is 3.25. The summed E-state index contributed by atoms with van der Waals surface area (Å²) in [5.41, 5.74) is 4.18. The molecule has 0 saturated carbocycles. The summed E-state index contributed by atoms with van der Waals surface area (Å²) in [7, 11) is 0. The number of benzene rings is 1. The van der Waals surface area contributed by atoms with Gasteiger partial charge in [-0.2, -0.15) is 0 Å². The molecule has 0 aliphatic carbocycles. The number of aromatic nitrogens is 2. The number of anilines is 1. The van der Waals surface area contributed by atoms with Crippen LogP contribution in [-0.2, 0) is 9.53 Å². The highest BCUT2D eigenvalue weighted by atomic mass is 16.5. The molecule has 1 saturated heterocycles. The second kappa shape index (κ2) is 7.18. The molecule has 1 amide bonds. The SMILES string of the molecule is Cc1nc[nH]c1[C@H](C)c1ccc(NC(=O)[C@H](C)[C@@H]2CCOC2)cc1. The van der Waals surface area contributed by atoms with Crippen molar-refractivity contribution in [2.45, 2.75) is 33.1 Å². The predicted octanol–water partition coefficient (Wildman–Crippen LogP) is 3.48. The van der Waals surface area contributed by atoms with Crippen molar-refractivity contribution in [1.29, 1.82) is 0 Å². The van der Waals surface area contributed by atoms with E-state index < -0.39 is 0 Å². The average molecular weight is 327 g/mol. The number of carbonyl (C=O) groups is 1. The summed E-state index contributed by atoms with van der Waals surface area (Å²) in [6.45, 7) is 7.59. The van der Waals surface area contributed by atoms with Crippen molar-refractivity contribution >= 4 is 11.6 Å². The van der Waals surface area contributed by atoms with E-state index in [1.54, 1.807) is 6.33 Å². The van der Waals surface area contributed by atoms with Crippen LogP contribution in [0.1, 0.15) is 43.1 Å². The molecule has 2 aromatic rings. The Hall–Kier alpha value is -2.14. The van der Waals surface area contributed by atoms with E-state index in [1.165, 1.54) is 5.56 Å². The number of amides is 1. The van der Waals surface area contributed by atoms with E-state index in [-0.39, 0.29) is 17.7 Å². The van der Waals surface area contributed by atoms with Crippen LogP contribution in [0.4, 0.5) is 5.69 Å². The maximum absolute atomic E-state index is 12.4. The van der Waals surface area contributed by atoms with Crippen LogP contribution in [0.15, 0.2) is 30.6 Å². The molecule has 3 atom stereocenters. The Balaban J connectivity index is 1.64. The molecule has 1 aliphatic heterocycles. The van der Waals surface area contributed by atoms with Crippen molar-refractivity contribution in [3.8, 4) is 0 Å². The van der Waals surface area contributed by atoms with Crippen molar-refractivity contribution in [3.63, 3.8) is 0 Å². The number of carbonyl (C=O) groups excluding carboxylic acids is 1. The summed E-state index contributed by atoms with van der Waals surface area (Å²) in [5.74, 6) is 0.605. The van der Waals surface area contributed by atoms with Crippen molar-refractivity contribution in [1.82, 2.24) is 9.97 Å². The van der Waals surface area contributed by atoms with E-state index in [2.05, 4.69) is 34.3 Å². The number of nitrogens with one attached hydrogen (secondary N) is 2. The standard InChI is InChI=1S/C19H25N3O2/c1-12(18-14(3)20-11-21-18)15-4-6-17(7-5-15)22-19(23)13(2)16-8-9-24-10-16/h4-7,11-13,16H,8-10H2,1-3H3,(H,20,21)(H,22,23)/t12-,13-,16-/m1/s1. The molecule has 1 fully saturated rings. The van der Waals surface area contributed by atoms with Crippen molar-refractivity contribution in [2.24, 2.45) is 11.8 Å². The zero-order valence-electron chi connectivity index (χ0n) is 14.5. The maximum Gasteiger partial charge on any atom is 0.227 e. The van der Waals surface area contributed by atoms with Gasteiger partial charge in [-0.25, -0.2) is 4.98 Å². The van der Waals surface area contributed by atoms with Crippen molar-refractivity contribution < 1.29 is 9.53 Å². The van der Waals surface area contributed by atoms with Gasteiger partial charge in [-0.15, -0.1) is 0 Å². The van der Waals surface area contributed by atoms with Gasteiger partial charge in [-0.1, -0.05) is 26.0 Å². The predicted molar refractivity (Wildman–Crippen MR) is 94.0 cm³/mol. The molecule has 128 valence electrons. The zero-order valence-corrected chi connectivity index (χ0v) is 14.5. The van der Waals surface area contributed by atoms with Crippen LogP contribution in [0.25, 0.3) is 0 Å². The van der Waals surface area contributed by atoms with Gasteiger partial charge >= 0.3 is 0 Å². The minimum absolute atomic E-state index is 0.0289. The van der Waals surface area contributed by atoms with Crippen LogP contribution >= 0.6 is 0 Å². The molecule has 1 aliphatic rings. The summed E-state index contributed by atoms with van der Waals surface area (Å²) < 4.78 is 5.38. The quantitative estimate of drug-likeness (QED) is 0.883. The monoisotopic (exact) mass is 327 g/mol. The summed E-state index contributed by atoms with van der Waals surface area (Å²) in [6.07, 6.45) is 2.69. The van der Waals surface area contributed by atoms with E-state index >= 15 is 0 Å². The molecule has 0 spiro atoms. The van der Waals surface area contributed by atoms with E-state index in [0.717, 1.165) is 30.1 Å². The molecule has 0 radical (unpaired) electrons. The molecule has 2 heterocycles. The lowest BCUT2D eigenvalue weighted by Crippen LogP contribution is -2.27. The highest BCUT2D eigenvalue weighted by Gasteiger charge is 2.27. The van der Waals surface area contributed by atoms with Gasteiger partial charge in [-0.3, -0.25) is 4.79 Å². The molecule has 5 heteroatoms. The van der Waals surface area contributed by atoms with Gasteiger partial charge in [0.1, 0.15) is 0 Å². The van der Waals surface area contributed by atoms with Gasteiger partial charge in [0.25, 0.3) is 0 Å². The number of hydrogen-bond donors (Lipinski definition) is 2. The number of aromatic amines is 1. The van der Waals surface area contributed by atoms with Crippen LogP contribution in [0, 0.1) is 18.8 Å². The molecular weight excluding hydrogens is 302 g/mol. The Morgan fingerprint density at radius 2 is 2.08 bits per heavy atom. The number of nitrogens with zero attached hydrogens (tertiary/aromatic N) is 1. The Morgan fingerprint density at radius 1 is 1.33 bits per heavy atom. The second-order valence-corrected chi connectivity index (χ2v) is 6.65. The maximum atomic E-state index is 12.4. The zero-order chi connectivity index (χ0) is 17.1. The summed E-state index contributed by atoms with van der Waals surface area (Å²) in [6, 6.07) is 8.05. The van der Waals surface area contributed by atoms with Gasteiger partial charge in [0, 0.05) is 29.8 Å². The topological polar surface area (TPSA) is 67.0 Å². The largest absolute Gasteiger partial charge is 0.381 e. The fourth-order valence-electron chi connectivity index (χ4n) is 3.25. The number of hydrogen-bond acceptors (Lipinski definition) is 3. The Labute approximate surface area is 142 Å². The molecule has 1 aromatic carbocycles. The molecule has 0 unspecified atom stereocenters. The lowest BCUT2D eigenvalue weighted by atomic mass is 9.92. The van der Waals surface area contributed by atoms with Gasteiger partial charge in [0.05, 0.1) is 18.6 Å². The number of aryl methyl sites for hydroxylation is 1. The summed E-state index contributed by atoms with van der Waals surface area (Å²) >= 11 is 0. The van der Waals surface area contributed by atoms with E-state index in [0.29, 0.717) is 12.5 Å². The molecule has 2 N–H and O–H groups in total. The summed E-state index contributed by atoms with van der Waals surface area (Å²) in [4.78, 5) is 19.8. The number of imidazole rings is 1. The number of H-pyrrole nitrogens is 1. The van der Waals surface area contributed by atoms with Crippen LogP contribution in [0.2, 0.25) is 0 Å².